The Hall–Kier alpha value is -1.05. The lowest BCUT2D eigenvalue weighted by atomic mass is 9.47. The van der Waals surface area contributed by atoms with Crippen LogP contribution in [0.15, 0.2) is 23.8 Å². The van der Waals surface area contributed by atoms with Crippen molar-refractivity contribution in [1.82, 2.24) is 0 Å². The highest BCUT2D eigenvalue weighted by atomic mass is 16.5. The zero-order chi connectivity index (χ0) is 31.0. The summed E-state index contributed by atoms with van der Waals surface area (Å²) in [4.78, 5) is 12.7. The van der Waals surface area contributed by atoms with Crippen LogP contribution < -0.4 is 0 Å². The van der Waals surface area contributed by atoms with Crippen molar-refractivity contribution in [2.24, 2.45) is 52.3 Å². The number of hydrogen-bond acceptors (Lipinski definition) is 2. The third kappa shape index (κ3) is 8.41. The molecule has 0 bridgehead atoms. The monoisotopic (exact) mass is 595 g/mol. The molecule has 246 valence electrons. The van der Waals surface area contributed by atoms with Crippen LogP contribution in [0.4, 0.5) is 0 Å². The van der Waals surface area contributed by atoms with Crippen molar-refractivity contribution in [3.05, 3.63) is 23.8 Å². The fourth-order valence-electron chi connectivity index (χ4n) is 10.5. The summed E-state index contributed by atoms with van der Waals surface area (Å²) in [5.41, 5.74) is 2.51. The summed E-state index contributed by atoms with van der Waals surface area (Å²) in [6.07, 6.45) is 30.7. The van der Waals surface area contributed by atoms with Gasteiger partial charge in [0.2, 0.25) is 0 Å². The molecule has 0 aromatic carbocycles. The zero-order valence-electron chi connectivity index (χ0n) is 29.6. The second-order valence-corrected chi connectivity index (χ2v) is 16.7. The molecule has 0 N–H and O–H groups in total. The average Bonchev–Trinajstić information content (AvgIpc) is 3.34. The van der Waals surface area contributed by atoms with E-state index in [4.69, 9.17) is 4.74 Å². The Morgan fingerprint density at radius 2 is 1.65 bits per heavy atom. The minimum atomic E-state index is 0.0488. The highest BCUT2D eigenvalue weighted by molar-refractivity contribution is 5.69. The highest BCUT2D eigenvalue weighted by Gasteiger charge is 2.59. The lowest BCUT2D eigenvalue weighted by molar-refractivity contribution is -0.151. The van der Waals surface area contributed by atoms with Gasteiger partial charge in [0.05, 0.1) is 0 Å². The van der Waals surface area contributed by atoms with Crippen molar-refractivity contribution in [1.29, 1.82) is 0 Å². The fourth-order valence-corrected chi connectivity index (χ4v) is 10.5. The fraction of sp³-hybridized carbons (Fsp3) is 0.878. The SMILES string of the molecule is CCC/C=C\CCCCCCCC(=O)OC1CCC2(C)C(=CCC3C2CCC2(C)C(C(C)CCC(C)C(C)C)CCC32)C1. The van der Waals surface area contributed by atoms with Gasteiger partial charge in [-0.05, 0) is 123 Å². The normalized spacial score (nSPS) is 35.3. The molecule has 9 atom stereocenters. The molecule has 3 fully saturated rings. The lowest BCUT2D eigenvalue weighted by Gasteiger charge is -2.58. The van der Waals surface area contributed by atoms with Crippen molar-refractivity contribution in [2.75, 3.05) is 0 Å². The number of esters is 1. The molecule has 4 rings (SSSR count). The molecule has 3 saturated carbocycles. The molecule has 0 radical (unpaired) electrons. The average molecular weight is 595 g/mol. The second kappa shape index (κ2) is 16.0. The van der Waals surface area contributed by atoms with Crippen LogP contribution in [-0.4, -0.2) is 12.1 Å². The van der Waals surface area contributed by atoms with E-state index in [-0.39, 0.29) is 12.1 Å². The Bertz CT molecular complexity index is 930. The second-order valence-electron chi connectivity index (χ2n) is 16.7. The molecule has 0 heterocycles. The molecular formula is C41H70O2. The van der Waals surface area contributed by atoms with Crippen molar-refractivity contribution in [3.63, 3.8) is 0 Å². The Balaban J connectivity index is 1.23. The van der Waals surface area contributed by atoms with E-state index >= 15 is 0 Å². The highest BCUT2D eigenvalue weighted by Crippen LogP contribution is 2.67. The Kier molecular flexibility index (Phi) is 12.9. The van der Waals surface area contributed by atoms with Crippen LogP contribution in [0.5, 0.6) is 0 Å². The van der Waals surface area contributed by atoms with E-state index in [0.29, 0.717) is 17.3 Å². The summed E-state index contributed by atoms with van der Waals surface area (Å²) in [6, 6.07) is 0. The van der Waals surface area contributed by atoms with Crippen LogP contribution in [0.25, 0.3) is 0 Å². The van der Waals surface area contributed by atoms with E-state index in [2.05, 4.69) is 66.7 Å². The third-order valence-corrected chi connectivity index (χ3v) is 13.7. The van der Waals surface area contributed by atoms with Gasteiger partial charge in [0.1, 0.15) is 6.10 Å². The molecule has 2 nitrogen and oxygen atoms in total. The van der Waals surface area contributed by atoms with Gasteiger partial charge in [0, 0.05) is 12.8 Å². The van der Waals surface area contributed by atoms with Crippen molar-refractivity contribution < 1.29 is 9.53 Å². The van der Waals surface area contributed by atoms with Crippen LogP contribution in [0.3, 0.4) is 0 Å². The summed E-state index contributed by atoms with van der Waals surface area (Å²) in [7, 11) is 0. The summed E-state index contributed by atoms with van der Waals surface area (Å²) in [6.45, 7) is 17.4. The third-order valence-electron chi connectivity index (χ3n) is 13.7. The number of ether oxygens (including phenoxy) is 1. The first-order valence-electron chi connectivity index (χ1n) is 19.1. The molecule has 0 amide bonds. The molecule has 0 spiro atoms. The minimum Gasteiger partial charge on any atom is -0.462 e. The van der Waals surface area contributed by atoms with E-state index in [1.807, 2.05) is 0 Å². The minimum absolute atomic E-state index is 0.0488. The largest absolute Gasteiger partial charge is 0.462 e. The maximum atomic E-state index is 12.7. The van der Waals surface area contributed by atoms with Crippen molar-refractivity contribution in [2.45, 2.75) is 177 Å². The molecule has 0 aromatic rings. The summed E-state index contributed by atoms with van der Waals surface area (Å²) in [5, 5.41) is 0. The number of hydrogen-bond donors (Lipinski definition) is 0. The number of rotatable bonds is 16. The van der Waals surface area contributed by atoms with Crippen LogP contribution >= 0.6 is 0 Å². The summed E-state index contributed by atoms with van der Waals surface area (Å²) >= 11 is 0. The first-order valence-corrected chi connectivity index (χ1v) is 19.1. The van der Waals surface area contributed by atoms with Gasteiger partial charge in [-0.15, -0.1) is 0 Å². The first kappa shape index (κ1) is 34.8. The molecule has 4 aliphatic carbocycles. The molecule has 2 heteroatoms. The molecule has 0 aliphatic heterocycles. The van der Waals surface area contributed by atoms with Gasteiger partial charge in [-0.3, -0.25) is 4.79 Å². The van der Waals surface area contributed by atoms with Gasteiger partial charge in [0.25, 0.3) is 0 Å². The van der Waals surface area contributed by atoms with E-state index in [1.165, 1.54) is 89.9 Å². The molecular weight excluding hydrogens is 524 g/mol. The topological polar surface area (TPSA) is 26.3 Å². The van der Waals surface area contributed by atoms with Gasteiger partial charge in [0.15, 0.2) is 0 Å². The van der Waals surface area contributed by atoms with Crippen LogP contribution in [-0.2, 0) is 9.53 Å². The van der Waals surface area contributed by atoms with Crippen molar-refractivity contribution >= 4 is 5.97 Å². The number of fused-ring (bicyclic) bond motifs is 5. The van der Waals surface area contributed by atoms with Gasteiger partial charge in [-0.2, -0.15) is 0 Å². The Morgan fingerprint density at radius 3 is 2.42 bits per heavy atom. The van der Waals surface area contributed by atoms with Crippen molar-refractivity contribution in [3.8, 4) is 0 Å². The maximum absolute atomic E-state index is 12.7. The van der Waals surface area contributed by atoms with Crippen LogP contribution in [0, 0.1) is 52.3 Å². The Morgan fingerprint density at radius 1 is 0.907 bits per heavy atom. The summed E-state index contributed by atoms with van der Waals surface area (Å²) < 4.78 is 6.10. The van der Waals surface area contributed by atoms with E-state index in [1.54, 1.807) is 5.57 Å². The number of carbonyl (C=O) groups is 1. The standard InChI is InChI=1S/C41H70O2/c1-8-9-10-11-12-13-14-15-16-17-18-39(42)43-34-25-27-40(6)33(29-34)21-22-35-37-24-23-36(41(37,7)28-26-38(35)40)32(5)20-19-31(4)30(2)3/h10-11,21,30-32,34-38H,8-9,12-20,22-29H2,1-7H3/b11-10-. The predicted octanol–water partition coefficient (Wildman–Crippen LogP) is 12.3. The van der Waals surface area contributed by atoms with Gasteiger partial charge in [-0.25, -0.2) is 0 Å². The molecule has 43 heavy (non-hydrogen) atoms. The van der Waals surface area contributed by atoms with Crippen LogP contribution in [0.2, 0.25) is 0 Å². The zero-order valence-corrected chi connectivity index (χ0v) is 29.6. The first-order chi connectivity index (χ1) is 20.6. The molecule has 0 aromatic heterocycles. The number of allylic oxidation sites excluding steroid dienone is 3. The molecule has 0 saturated heterocycles. The summed E-state index contributed by atoms with van der Waals surface area (Å²) in [5.74, 6) is 6.08. The number of carbonyl (C=O) groups excluding carboxylic acids is 1. The molecule has 9 unspecified atom stereocenters. The smallest absolute Gasteiger partial charge is 0.306 e. The van der Waals surface area contributed by atoms with E-state index in [9.17, 15) is 4.79 Å². The number of unbranched alkanes of at least 4 members (excludes halogenated alkanes) is 6. The van der Waals surface area contributed by atoms with E-state index < -0.39 is 0 Å². The van der Waals surface area contributed by atoms with Gasteiger partial charge >= 0.3 is 5.97 Å². The predicted molar refractivity (Wildman–Crippen MR) is 184 cm³/mol. The van der Waals surface area contributed by atoms with E-state index in [0.717, 1.165) is 67.1 Å². The lowest BCUT2D eigenvalue weighted by Crippen LogP contribution is -2.51. The maximum Gasteiger partial charge on any atom is 0.306 e. The van der Waals surface area contributed by atoms with Gasteiger partial charge in [-0.1, -0.05) is 111 Å². The molecule has 4 aliphatic rings. The van der Waals surface area contributed by atoms with Crippen LogP contribution in [0.1, 0.15) is 170 Å². The Labute approximate surface area is 267 Å². The quantitative estimate of drug-likeness (QED) is 0.101. The van der Waals surface area contributed by atoms with Gasteiger partial charge < -0.3 is 4.74 Å².